The molecule has 4 aliphatic carbocycles. The third-order valence-corrected chi connectivity index (χ3v) is 9.98. The van der Waals surface area contributed by atoms with Crippen LogP contribution < -0.4 is 20.9 Å². The van der Waals surface area contributed by atoms with Crippen molar-refractivity contribution < 1.29 is 26.4 Å². The molecule has 2 aromatic carbocycles. The molecule has 6 N–H and O–H groups in total. The van der Waals surface area contributed by atoms with Gasteiger partial charge in [-0.1, -0.05) is 0 Å². The maximum atomic E-state index is 13.7. The first-order valence-electron chi connectivity index (χ1n) is 12.2. The maximum absolute atomic E-state index is 13.7. The lowest BCUT2D eigenvalue weighted by molar-refractivity contribution is -0.147. The van der Waals surface area contributed by atoms with E-state index in [0.29, 0.717) is 29.1 Å². The number of benzene rings is 2. The first kappa shape index (κ1) is 25.8. The van der Waals surface area contributed by atoms with Crippen LogP contribution in [0.15, 0.2) is 58.3 Å². The first-order chi connectivity index (χ1) is 17.3. The summed E-state index contributed by atoms with van der Waals surface area (Å²) in [5, 5.41) is 15.9. The van der Waals surface area contributed by atoms with Crippen molar-refractivity contribution >= 4 is 43.2 Å². The highest BCUT2D eigenvalue weighted by molar-refractivity contribution is 7.89. The average Bonchev–Trinajstić information content (AvgIpc) is 2.77. The Morgan fingerprint density at radius 2 is 1.00 bits per heavy atom. The molecule has 2 aromatic rings. The van der Waals surface area contributed by atoms with Crippen molar-refractivity contribution in [2.45, 2.75) is 48.3 Å². The van der Waals surface area contributed by atoms with Gasteiger partial charge in [0.2, 0.25) is 31.9 Å². The van der Waals surface area contributed by atoms with E-state index in [9.17, 15) is 26.4 Å². The number of nitrogens with one attached hydrogen (secondary N) is 2. The SMILES string of the molecule is NS(=O)(=O)c1ccc(NC(=O)C(C(=O)Nc2ccc(S(N)(=O)=O)cc2)C23CC4CC(CC(C4)C2)C3)cc1. The number of nitrogens with two attached hydrogens (primary N) is 2. The van der Waals surface area contributed by atoms with Crippen LogP contribution >= 0.6 is 0 Å². The second kappa shape index (κ2) is 9.19. The number of amides is 2. The number of primary sulfonamides is 2. The Morgan fingerprint density at radius 1 is 0.676 bits per heavy atom. The van der Waals surface area contributed by atoms with E-state index in [1.807, 2.05) is 0 Å². The van der Waals surface area contributed by atoms with Crippen molar-refractivity contribution in [3.63, 3.8) is 0 Å². The summed E-state index contributed by atoms with van der Waals surface area (Å²) in [4.78, 5) is 27.3. The summed E-state index contributed by atoms with van der Waals surface area (Å²) in [7, 11) is -7.76. The molecule has 6 rings (SSSR count). The fourth-order valence-corrected chi connectivity index (χ4v) is 8.12. The number of sulfonamides is 2. The second-order valence-electron chi connectivity index (χ2n) is 10.8. The van der Waals surface area contributed by atoms with Gasteiger partial charge in [-0.05, 0) is 110 Å². The number of hydrogen-bond acceptors (Lipinski definition) is 6. The predicted octanol–water partition coefficient (Wildman–Crippen LogP) is 2.39. The predicted molar refractivity (Wildman–Crippen MR) is 137 cm³/mol. The molecule has 0 aromatic heterocycles. The van der Waals surface area contributed by atoms with Gasteiger partial charge in [-0.25, -0.2) is 27.1 Å². The van der Waals surface area contributed by atoms with Crippen LogP contribution in [0.25, 0.3) is 0 Å². The molecule has 4 bridgehead atoms. The van der Waals surface area contributed by atoms with Crippen LogP contribution in [0.4, 0.5) is 11.4 Å². The summed E-state index contributed by atoms with van der Waals surface area (Å²) >= 11 is 0. The van der Waals surface area contributed by atoms with Crippen molar-refractivity contribution in [3.05, 3.63) is 48.5 Å². The Bertz CT molecular complexity index is 1310. The van der Waals surface area contributed by atoms with E-state index < -0.39 is 43.2 Å². The van der Waals surface area contributed by atoms with Crippen LogP contribution in [0.3, 0.4) is 0 Å². The minimum atomic E-state index is -3.88. The number of carbonyl (C=O) groups excluding carboxylic acids is 2. The molecule has 4 fully saturated rings. The summed E-state index contributed by atoms with van der Waals surface area (Å²) in [5.74, 6) is -0.392. The average molecular weight is 547 g/mol. The van der Waals surface area contributed by atoms with E-state index in [1.54, 1.807) is 0 Å². The summed E-state index contributed by atoms with van der Waals surface area (Å²) in [6.45, 7) is 0. The third-order valence-electron chi connectivity index (χ3n) is 8.12. The van der Waals surface area contributed by atoms with Gasteiger partial charge in [-0.15, -0.1) is 0 Å². The number of rotatable bonds is 7. The minimum Gasteiger partial charge on any atom is -0.325 e. The largest absolute Gasteiger partial charge is 0.325 e. The molecule has 0 aliphatic heterocycles. The number of hydrogen-bond donors (Lipinski definition) is 4. The molecule has 37 heavy (non-hydrogen) atoms. The zero-order valence-electron chi connectivity index (χ0n) is 20.1. The Kier molecular flexibility index (Phi) is 6.42. The molecule has 12 heteroatoms. The van der Waals surface area contributed by atoms with E-state index in [2.05, 4.69) is 10.6 Å². The summed E-state index contributed by atoms with van der Waals surface area (Å²) in [6.07, 6.45) is 5.83. The first-order valence-corrected chi connectivity index (χ1v) is 15.3. The summed E-state index contributed by atoms with van der Waals surface area (Å²) < 4.78 is 46.3. The number of anilines is 2. The molecule has 0 radical (unpaired) electrons. The van der Waals surface area contributed by atoms with Crippen molar-refractivity contribution in [2.75, 3.05) is 10.6 Å². The molecule has 0 atom stereocenters. The quantitative estimate of drug-likeness (QED) is 0.387. The number of carbonyl (C=O) groups is 2. The lowest BCUT2D eigenvalue weighted by atomic mass is 9.46. The Labute approximate surface area is 216 Å². The van der Waals surface area contributed by atoms with Gasteiger partial charge in [0.15, 0.2) is 0 Å². The monoisotopic (exact) mass is 546 g/mol. The van der Waals surface area contributed by atoms with E-state index >= 15 is 0 Å². The van der Waals surface area contributed by atoms with E-state index in [1.165, 1.54) is 48.5 Å². The van der Waals surface area contributed by atoms with Crippen LogP contribution in [0.1, 0.15) is 38.5 Å². The lowest BCUT2D eigenvalue weighted by Gasteiger charge is -2.58. The van der Waals surface area contributed by atoms with Gasteiger partial charge in [0.1, 0.15) is 5.92 Å². The minimum absolute atomic E-state index is 0.0798. The van der Waals surface area contributed by atoms with Gasteiger partial charge in [0.05, 0.1) is 9.79 Å². The van der Waals surface area contributed by atoms with Crippen molar-refractivity contribution in [1.82, 2.24) is 0 Å². The summed E-state index contributed by atoms with van der Waals surface area (Å²) in [6, 6.07) is 11.0. The van der Waals surface area contributed by atoms with Gasteiger partial charge in [-0.2, -0.15) is 0 Å². The van der Waals surface area contributed by atoms with Gasteiger partial charge in [-0.3, -0.25) is 9.59 Å². The molecule has 2 amide bonds. The second-order valence-corrected chi connectivity index (χ2v) is 14.0. The molecule has 0 saturated heterocycles. The molecular formula is C25H30N4O6S2. The molecular weight excluding hydrogens is 516 g/mol. The Hall–Kier alpha value is -2.80. The highest BCUT2D eigenvalue weighted by atomic mass is 32.2. The zero-order chi connectivity index (χ0) is 26.6. The molecule has 4 aliphatic rings. The fraction of sp³-hybridized carbons (Fsp3) is 0.440. The Balaban J connectivity index is 1.43. The third kappa shape index (κ3) is 5.28. The molecule has 0 spiro atoms. The molecule has 198 valence electrons. The van der Waals surface area contributed by atoms with E-state index in [0.717, 1.165) is 38.5 Å². The van der Waals surface area contributed by atoms with Crippen LogP contribution in [-0.2, 0) is 29.6 Å². The van der Waals surface area contributed by atoms with Gasteiger partial charge >= 0.3 is 0 Å². The highest BCUT2D eigenvalue weighted by Crippen LogP contribution is 2.63. The van der Waals surface area contributed by atoms with Gasteiger partial charge in [0.25, 0.3) is 0 Å². The topological polar surface area (TPSA) is 179 Å². The van der Waals surface area contributed by atoms with Gasteiger partial charge < -0.3 is 10.6 Å². The van der Waals surface area contributed by atoms with Crippen molar-refractivity contribution in [2.24, 2.45) is 39.4 Å². The van der Waals surface area contributed by atoms with Crippen LogP contribution in [0.2, 0.25) is 0 Å². The lowest BCUT2D eigenvalue weighted by Crippen LogP contribution is -2.55. The molecule has 4 saturated carbocycles. The highest BCUT2D eigenvalue weighted by Gasteiger charge is 2.58. The van der Waals surface area contributed by atoms with Gasteiger partial charge in [0, 0.05) is 11.4 Å². The molecule has 0 heterocycles. The summed E-state index contributed by atoms with van der Waals surface area (Å²) in [5.41, 5.74) is 0.249. The normalized spacial score (nSPS) is 26.7. The van der Waals surface area contributed by atoms with Crippen LogP contribution in [0.5, 0.6) is 0 Å². The standard InChI is InChI=1S/C25H30N4O6S2/c26-36(32,33)20-5-1-18(2-6-20)28-23(30)22(25-12-15-9-16(13-25)11-17(10-15)14-25)24(31)29-19-3-7-21(8-4-19)37(27,34)35/h1-8,15-17,22H,9-14H2,(H,28,30)(H,29,31)(H2,26,32,33)(H2,27,34,35). The van der Waals surface area contributed by atoms with Crippen LogP contribution in [0, 0.1) is 29.1 Å². The molecule has 0 unspecified atom stereocenters. The fourth-order valence-electron chi connectivity index (χ4n) is 7.09. The van der Waals surface area contributed by atoms with Crippen molar-refractivity contribution in [3.8, 4) is 0 Å². The maximum Gasteiger partial charge on any atom is 0.238 e. The van der Waals surface area contributed by atoms with E-state index in [4.69, 9.17) is 10.3 Å². The zero-order valence-corrected chi connectivity index (χ0v) is 21.7. The van der Waals surface area contributed by atoms with Crippen molar-refractivity contribution in [1.29, 1.82) is 0 Å². The molecule has 10 nitrogen and oxygen atoms in total. The smallest absolute Gasteiger partial charge is 0.238 e. The van der Waals surface area contributed by atoms with E-state index in [-0.39, 0.29) is 9.79 Å². The Morgan fingerprint density at radius 3 is 1.30 bits per heavy atom. The van der Waals surface area contributed by atoms with Crippen LogP contribution in [-0.4, -0.2) is 28.6 Å².